The van der Waals surface area contributed by atoms with Gasteiger partial charge >= 0.3 is 0 Å². The summed E-state index contributed by atoms with van der Waals surface area (Å²) in [5, 5.41) is 2.94. The molecule has 0 aromatic heterocycles. The van der Waals surface area contributed by atoms with E-state index < -0.39 is 0 Å². The molecule has 1 heterocycles. The first-order valence-electron chi connectivity index (χ1n) is 9.57. The van der Waals surface area contributed by atoms with Crippen LogP contribution in [-0.4, -0.2) is 50.8 Å². The number of carbonyl (C=O) groups is 1. The summed E-state index contributed by atoms with van der Waals surface area (Å²) in [4.78, 5) is 14.6. The van der Waals surface area contributed by atoms with Crippen molar-refractivity contribution in [3.8, 4) is 5.75 Å². The van der Waals surface area contributed by atoms with Gasteiger partial charge in [-0.2, -0.15) is 0 Å². The van der Waals surface area contributed by atoms with E-state index >= 15 is 0 Å². The maximum absolute atomic E-state index is 13.6. The van der Waals surface area contributed by atoms with E-state index in [1.54, 1.807) is 24.3 Å². The van der Waals surface area contributed by atoms with Gasteiger partial charge in [0.05, 0.1) is 12.1 Å². The summed E-state index contributed by atoms with van der Waals surface area (Å²) in [7, 11) is 3.81. The number of halogens is 1. The summed E-state index contributed by atoms with van der Waals surface area (Å²) in [6.45, 7) is 1.65. The fraction of sp³-hybridized carbons (Fsp3) is 0.409. The molecule has 0 bridgehead atoms. The predicted molar refractivity (Wildman–Crippen MR) is 106 cm³/mol. The second-order valence-corrected chi connectivity index (χ2v) is 7.22. The van der Waals surface area contributed by atoms with Crippen molar-refractivity contribution in [3.05, 3.63) is 65.5 Å². The van der Waals surface area contributed by atoms with E-state index in [9.17, 15) is 9.18 Å². The molecule has 0 aliphatic carbocycles. The maximum atomic E-state index is 13.6. The summed E-state index contributed by atoms with van der Waals surface area (Å²) in [5.74, 6) is 0.176. The van der Waals surface area contributed by atoms with Crippen LogP contribution in [0.25, 0.3) is 0 Å². The predicted octanol–water partition coefficient (Wildman–Crippen LogP) is 3.42. The second-order valence-electron chi connectivity index (χ2n) is 7.22. The Morgan fingerprint density at radius 1 is 1.29 bits per heavy atom. The number of hydrogen-bond donors (Lipinski definition) is 1. The Bertz CT molecular complexity index is 791. The quantitative estimate of drug-likeness (QED) is 0.755. The molecule has 6 heteroatoms. The van der Waals surface area contributed by atoms with Gasteiger partial charge in [-0.15, -0.1) is 0 Å². The van der Waals surface area contributed by atoms with Crippen LogP contribution in [0.4, 0.5) is 4.39 Å². The Labute approximate surface area is 165 Å². The lowest BCUT2D eigenvalue weighted by Gasteiger charge is -2.25. The van der Waals surface area contributed by atoms with Gasteiger partial charge in [0.1, 0.15) is 18.2 Å². The lowest BCUT2D eigenvalue weighted by Crippen LogP contribution is -2.34. The summed E-state index contributed by atoms with van der Waals surface area (Å²) >= 11 is 0. The van der Waals surface area contributed by atoms with Crippen molar-refractivity contribution in [1.82, 2.24) is 10.2 Å². The summed E-state index contributed by atoms with van der Waals surface area (Å²) in [5.41, 5.74) is 1.35. The van der Waals surface area contributed by atoms with E-state index in [1.165, 1.54) is 12.1 Å². The van der Waals surface area contributed by atoms with E-state index in [1.807, 2.05) is 31.1 Å². The fourth-order valence-corrected chi connectivity index (χ4v) is 3.30. The number of amides is 1. The molecular weight excluding hydrogens is 359 g/mol. The molecule has 2 atom stereocenters. The van der Waals surface area contributed by atoms with Gasteiger partial charge in [0.25, 0.3) is 5.91 Å². The molecular formula is C22H27FN2O3. The number of benzene rings is 2. The van der Waals surface area contributed by atoms with E-state index in [2.05, 4.69) is 5.32 Å². The maximum Gasteiger partial charge on any atom is 0.251 e. The average molecular weight is 386 g/mol. The SMILES string of the molecule is CN(C)[C@@H](CNC(=O)c1cccc(OC[C@@H]2CCCO2)c1)c1cccc(F)c1. The molecule has 0 radical (unpaired) electrons. The average Bonchev–Trinajstić information content (AvgIpc) is 3.20. The molecule has 150 valence electrons. The standard InChI is InChI=1S/C22H27FN2O3/c1-25(2)21(16-6-3-8-18(23)12-16)14-24-22(26)17-7-4-9-19(13-17)28-15-20-10-5-11-27-20/h3-4,6-9,12-13,20-21H,5,10-11,14-15H2,1-2H3,(H,24,26)/t20-,21-/m0/s1. The molecule has 0 saturated carbocycles. The molecule has 0 unspecified atom stereocenters. The van der Waals surface area contributed by atoms with Crippen LogP contribution < -0.4 is 10.1 Å². The fourth-order valence-electron chi connectivity index (χ4n) is 3.30. The van der Waals surface area contributed by atoms with E-state index in [0.29, 0.717) is 24.5 Å². The molecule has 3 rings (SSSR count). The first-order chi connectivity index (χ1) is 13.5. The van der Waals surface area contributed by atoms with Crippen molar-refractivity contribution in [2.24, 2.45) is 0 Å². The van der Waals surface area contributed by atoms with Gasteiger partial charge in [-0.05, 0) is 62.8 Å². The minimum Gasteiger partial charge on any atom is -0.491 e. The molecule has 28 heavy (non-hydrogen) atoms. The van der Waals surface area contributed by atoms with Crippen molar-refractivity contribution in [1.29, 1.82) is 0 Å². The van der Waals surface area contributed by atoms with Gasteiger partial charge in [-0.1, -0.05) is 18.2 Å². The van der Waals surface area contributed by atoms with E-state index in [4.69, 9.17) is 9.47 Å². The molecule has 2 aromatic rings. The van der Waals surface area contributed by atoms with Crippen molar-refractivity contribution in [3.63, 3.8) is 0 Å². The number of nitrogens with one attached hydrogen (secondary N) is 1. The Hall–Kier alpha value is -2.44. The Balaban J connectivity index is 1.59. The van der Waals surface area contributed by atoms with Crippen molar-refractivity contribution in [2.45, 2.75) is 25.0 Å². The van der Waals surface area contributed by atoms with Gasteiger partial charge in [-0.25, -0.2) is 4.39 Å². The van der Waals surface area contributed by atoms with Crippen LogP contribution in [0, 0.1) is 5.82 Å². The zero-order valence-corrected chi connectivity index (χ0v) is 16.4. The molecule has 1 fully saturated rings. The summed E-state index contributed by atoms with van der Waals surface area (Å²) in [6, 6.07) is 13.4. The molecule has 1 saturated heterocycles. The highest BCUT2D eigenvalue weighted by atomic mass is 19.1. The summed E-state index contributed by atoms with van der Waals surface area (Å²) < 4.78 is 24.9. The minimum absolute atomic E-state index is 0.126. The number of rotatable bonds is 8. The number of nitrogens with zero attached hydrogens (tertiary/aromatic N) is 1. The molecule has 0 spiro atoms. The van der Waals surface area contributed by atoms with Crippen molar-refractivity contribution < 1.29 is 18.7 Å². The zero-order chi connectivity index (χ0) is 19.9. The van der Waals surface area contributed by atoms with Crippen LogP contribution in [-0.2, 0) is 4.74 Å². The van der Waals surface area contributed by atoms with Crippen molar-refractivity contribution in [2.75, 3.05) is 33.9 Å². The number of carbonyl (C=O) groups excluding carboxylic acids is 1. The molecule has 5 nitrogen and oxygen atoms in total. The van der Waals surface area contributed by atoms with Gasteiger partial charge < -0.3 is 19.7 Å². The Morgan fingerprint density at radius 2 is 2.11 bits per heavy atom. The highest BCUT2D eigenvalue weighted by molar-refractivity contribution is 5.94. The summed E-state index contributed by atoms with van der Waals surface area (Å²) in [6.07, 6.45) is 2.20. The van der Waals surface area contributed by atoms with Crippen LogP contribution in [0.3, 0.4) is 0 Å². The normalized spacial score (nSPS) is 17.5. The molecule has 1 aliphatic rings. The van der Waals surface area contributed by atoms with Gasteiger partial charge in [0, 0.05) is 18.7 Å². The smallest absolute Gasteiger partial charge is 0.251 e. The van der Waals surface area contributed by atoms with Gasteiger partial charge in [0.15, 0.2) is 0 Å². The van der Waals surface area contributed by atoms with Gasteiger partial charge in [0.2, 0.25) is 0 Å². The monoisotopic (exact) mass is 386 g/mol. The first-order valence-corrected chi connectivity index (χ1v) is 9.57. The lowest BCUT2D eigenvalue weighted by atomic mass is 10.1. The van der Waals surface area contributed by atoms with E-state index in [-0.39, 0.29) is 23.9 Å². The third-order valence-electron chi connectivity index (χ3n) is 4.87. The minimum atomic E-state index is -0.285. The van der Waals surface area contributed by atoms with Gasteiger partial charge in [-0.3, -0.25) is 4.79 Å². The topological polar surface area (TPSA) is 50.8 Å². The van der Waals surface area contributed by atoms with Crippen LogP contribution in [0.2, 0.25) is 0 Å². The number of likely N-dealkylation sites (N-methyl/N-ethyl adjacent to an activating group) is 1. The largest absolute Gasteiger partial charge is 0.491 e. The molecule has 1 N–H and O–H groups in total. The van der Waals surface area contributed by atoms with Crippen molar-refractivity contribution >= 4 is 5.91 Å². The third kappa shape index (κ3) is 5.53. The lowest BCUT2D eigenvalue weighted by molar-refractivity contribution is 0.0679. The van der Waals surface area contributed by atoms with Crippen LogP contribution >= 0.6 is 0 Å². The zero-order valence-electron chi connectivity index (χ0n) is 16.4. The Morgan fingerprint density at radius 3 is 2.82 bits per heavy atom. The molecule has 1 amide bonds. The third-order valence-corrected chi connectivity index (χ3v) is 4.87. The molecule has 2 aromatic carbocycles. The Kier molecular flexibility index (Phi) is 7.01. The number of ether oxygens (including phenoxy) is 2. The van der Waals surface area contributed by atoms with Crippen LogP contribution in [0.5, 0.6) is 5.75 Å². The van der Waals surface area contributed by atoms with Crippen LogP contribution in [0.1, 0.15) is 34.8 Å². The highest BCUT2D eigenvalue weighted by Gasteiger charge is 2.18. The van der Waals surface area contributed by atoms with Crippen LogP contribution in [0.15, 0.2) is 48.5 Å². The highest BCUT2D eigenvalue weighted by Crippen LogP contribution is 2.20. The number of hydrogen-bond acceptors (Lipinski definition) is 4. The first kappa shape index (κ1) is 20.3. The van der Waals surface area contributed by atoms with E-state index in [0.717, 1.165) is 25.0 Å². The second kappa shape index (κ2) is 9.66. The molecule has 1 aliphatic heterocycles.